The first-order valence-electron chi connectivity index (χ1n) is 4.86. The van der Waals surface area contributed by atoms with Crippen molar-refractivity contribution in [3.8, 4) is 0 Å². The van der Waals surface area contributed by atoms with Crippen molar-refractivity contribution in [3.05, 3.63) is 0 Å². The van der Waals surface area contributed by atoms with Gasteiger partial charge < -0.3 is 30.5 Å². The summed E-state index contributed by atoms with van der Waals surface area (Å²) in [4.78, 5) is 10.6. The van der Waals surface area contributed by atoms with Gasteiger partial charge in [-0.2, -0.15) is 13.2 Å². The Bertz CT molecular complexity index is 312. The molecule has 10 heteroatoms. The van der Waals surface area contributed by atoms with Crippen LogP contribution >= 0.6 is 0 Å². The molecule has 0 aromatic rings. The van der Waals surface area contributed by atoms with Crippen molar-refractivity contribution in [2.24, 2.45) is 0 Å². The van der Waals surface area contributed by atoms with E-state index >= 15 is 0 Å². The molecule has 1 fully saturated rings. The van der Waals surface area contributed by atoms with Gasteiger partial charge in [0.2, 0.25) is 0 Å². The van der Waals surface area contributed by atoms with E-state index in [0.29, 0.717) is 0 Å². The lowest BCUT2D eigenvalue weighted by Crippen LogP contribution is -2.65. The summed E-state index contributed by atoms with van der Waals surface area (Å²) in [5, 5.41) is 38.1. The number of aliphatic hydroxyl groups excluding tert-OH is 4. The van der Waals surface area contributed by atoms with E-state index in [0.717, 1.165) is 0 Å². The number of nitrogens with one attached hydrogen (secondary N) is 1. The number of carbonyl (C=O) groups is 1. The van der Waals surface area contributed by atoms with Crippen molar-refractivity contribution in [2.45, 2.75) is 36.8 Å². The van der Waals surface area contributed by atoms with Crippen LogP contribution in [-0.4, -0.2) is 69.8 Å². The van der Waals surface area contributed by atoms with Gasteiger partial charge in [-0.05, 0) is 0 Å². The molecule has 0 unspecified atom stereocenters. The smallest absolute Gasteiger partial charge is 0.394 e. The summed E-state index contributed by atoms with van der Waals surface area (Å²) in [5.41, 5.74) is 0. The van der Waals surface area contributed by atoms with Crippen LogP contribution < -0.4 is 5.32 Å². The zero-order valence-corrected chi connectivity index (χ0v) is 8.83. The maximum absolute atomic E-state index is 12.0. The number of ether oxygens (including phenoxy) is 1. The van der Waals surface area contributed by atoms with Crippen LogP contribution in [-0.2, 0) is 9.53 Å². The van der Waals surface area contributed by atoms with Gasteiger partial charge in [-0.25, -0.2) is 0 Å². The lowest BCUT2D eigenvalue weighted by molar-refractivity contribution is -0.256. The summed E-state index contributed by atoms with van der Waals surface area (Å²) in [6, 6.07) is -1.85. The molecule has 18 heavy (non-hydrogen) atoms. The van der Waals surface area contributed by atoms with Crippen LogP contribution in [0.4, 0.5) is 13.2 Å². The maximum Gasteiger partial charge on any atom is 0.471 e. The topological polar surface area (TPSA) is 119 Å². The first-order valence-corrected chi connectivity index (χ1v) is 4.86. The highest BCUT2D eigenvalue weighted by Crippen LogP contribution is 2.21. The standard InChI is InChI=1S/C8H12F3NO6/c9-8(10,11)7(17)12-3-5(15)4(14)2(1-13)18-6(3)16/h2-6,13-16H,1H2,(H,12,17)/t2-,3-,4-,5-,6-/m1/s1. The van der Waals surface area contributed by atoms with Gasteiger partial charge in [0.1, 0.15) is 24.4 Å². The van der Waals surface area contributed by atoms with Crippen molar-refractivity contribution in [3.63, 3.8) is 0 Å². The number of carbonyl (C=O) groups excluding carboxylic acids is 1. The van der Waals surface area contributed by atoms with E-state index in [2.05, 4.69) is 4.74 Å². The van der Waals surface area contributed by atoms with Gasteiger partial charge in [0.15, 0.2) is 6.29 Å². The minimum atomic E-state index is -5.20. The summed E-state index contributed by atoms with van der Waals surface area (Å²) < 4.78 is 40.5. The largest absolute Gasteiger partial charge is 0.471 e. The number of rotatable bonds is 2. The third-order valence-corrected chi connectivity index (χ3v) is 2.46. The lowest BCUT2D eigenvalue weighted by Gasteiger charge is -2.40. The van der Waals surface area contributed by atoms with Crippen LogP contribution in [0.1, 0.15) is 0 Å². The molecule has 1 rings (SSSR count). The zero-order chi connectivity index (χ0) is 14.1. The predicted molar refractivity (Wildman–Crippen MR) is 48.0 cm³/mol. The molecule has 0 saturated carbocycles. The van der Waals surface area contributed by atoms with Gasteiger partial charge in [0, 0.05) is 0 Å². The molecular formula is C8H12F3NO6. The molecule has 106 valence electrons. The van der Waals surface area contributed by atoms with Crippen molar-refractivity contribution in [1.29, 1.82) is 0 Å². The van der Waals surface area contributed by atoms with Gasteiger partial charge in [0.25, 0.3) is 0 Å². The van der Waals surface area contributed by atoms with E-state index in [1.807, 2.05) is 0 Å². The van der Waals surface area contributed by atoms with Crippen molar-refractivity contribution in [1.82, 2.24) is 5.32 Å². The average molecular weight is 275 g/mol. The molecular weight excluding hydrogens is 263 g/mol. The molecule has 0 spiro atoms. The van der Waals surface area contributed by atoms with Gasteiger partial charge in [0.05, 0.1) is 6.61 Å². The molecule has 0 bridgehead atoms. The van der Waals surface area contributed by atoms with Crippen molar-refractivity contribution >= 4 is 5.91 Å². The van der Waals surface area contributed by atoms with Crippen LogP contribution in [0.25, 0.3) is 0 Å². The molecule has 5 N–H and O–H groups in total. The first kappa shape index (κ1) is 15.1. The van der Waals surface area contributed by atoms with Gasteiger partial charge in [-0.3, -0.25) is 4.79 Å². The number of alkyl halides is 3. The fraction of sp³-hybridized carbons (Fsp3) is 0.875. The summed E-state index contributed by atoms with van der Waals surface area (Å²) in [6.07, 6.45) is -12.2. The second kappa shape index (κ2) is 5.36. The van der Waals surface area contributed by atoms with E-state index in [1.165, 1.54) is 5.32 Å². The predicted octanol–water partition coefficient (Wildman–Crippen LogP) is -2.54. The fourth-order valence-corrected chi connectivity index (χ4v) is 1.49. The number of aliphatic hydroxyl groups is 4. The SMILES string of the molecule is O=C(N[C@@H]1[C@@H](O)[C@H](O)[C@@H](CO)O[C@H]1O)C(F)(F)F. The highest BCUT2D eigenvalue weighted by Gasteiger charge is 2.48. The summed E-state index contributed by atoms with van der Waals surface area (Å²) in [5.74, 6) is -2.39. The molecule has 1 heterocycles. The summed E-state index contributed by atoms with van der Waals surface area (Å²) in [7, 11) is 0. The Hall–Kier alpha value is -0.940. The molecule has 0 aliphatic carbocycles. The minimum Gasteiger partial charge on any atom is -0.394 e. The maximum atomic E-state index is 12.0. The second-order valence-electron chi connectivity index (χ2n) is 3.73. The molecule has 0 radical (unpaired) electrons. The lowest BCUT2D eigenvalue weighted by atomic mass is 9.97. The number of amides is 1. The Morgan fingerprint density at radius 1 is 1.22 bits per heavy atom. The molecule has 5 atom stereocenters. The van der Waals surface area contributed by atoms with E-state index in [-0.39, 0.29) is 0 Å². The minimum absolute atomic E-state index is 0.755. The highest BCUT2D eigenvalue weighted by molar-refractivity contribution is 5.82. The molecule has 0 aromatic carbocycles. The third kappa shape index (κ3) is 3.09. The van der Waals surface area contributed by atoms with Crippen LogP contribution in [0.3, 0.4) is 0 Å². The van der Waals surface area contributed by atoms with E-state index < -0.39 is 49.3 Å². The Morgan fingerprint density at radius 2 is 1.78 bits per heavy atom. The van der Waals surface area contributed by atoms with Crippen molar-refractivity contribution < 1.29 is 43.1 Å². The number of halogens is 3. The van der Waals surface area contributed by atoms with Gasteiger partial charge in [-0.1, -0.05) is 0 Å². The molecule has 1 aliphatic rings. The first-order chi connectivity index (χ1) is 8.18. The van der Waals surface area contributed by atoms with Crippen LogP contribution in [0.5, 0.6) is 0 Å². The van der Waals surface area contributed by atoms with Crippen LogP contribution in [0.15, 0.2) is 0 Å². The molecule has 0 aromatic heterocycles. The third-order valence-electron chi connectivity index (χ3n) is 2.46. The normalized spacial score (nSPS) is 37.4. The molecule has 1 amide bonds. The van der Waals surface area contributed by atoms with E-state index in [9.17, 15) is 33.3 Å². The Kier molecular flexibility index (Phi) is 4.50. The number of hydrogen-bond acceptors (Lipinski definition) is 6. The monoisotopic (exact) mass is 275 g/mol. The average Bonchev–Trinajstić information content (AvgIpc) is 2.27. The molecule has 1 saturated heterocycles. The highest BCUT2D eigenvalue weighted by atomic mass is 19.4. The Labute approximate surface area is 98.8 Å². The van der Waals surface area contributed by atoms with Crippen LogP contribution in [0.2, 0.25) is 0 Å². The van der Waals surface area contributed by atoms with E-state index in [4.69, 9.17) is 5.11 Å². The second-order valence-corrected chi connectivity index (χ2v) is 3.73. The quantitative estimate of drug-likeness (QED) is 0.379. The Morgan fingerprint density at radius 3 is 2.22 bits per heavy atom. The van der Waals surface area contributed by atoms with E-state index in [1.54, 1.807) is 0 Å². The van der Waals surface area contributed by atoms with Gasteiger partial charge >= 0.3 is 12.1 Å². The number of hydrogen-bond donors (Lipinski definition) is 5. The zero-order valence-electron chi connectivity index (χ0n) is 8.83. The van der Waals surface area contributed by atoms with Crippen LogP contribution in [0, 0.1) is 0 Å². The summed E-state index contributed by atoms with van der Waals surface area (Å²) >= 11 is 0. The Balaban J connectivity index is 2.74. The van der Waals surface area contributed by atoms with Crippen molar-refractivity contribution in [2.75, 3.05) is 6.61 Å². The summed E-state index contributed by atoms with van der Waals surface area (Å²) in [6.45, 7) is -0.755. The molecule has 7 nitrogen and oxygen atoms in total. The fourth-order valence-electron chi connectivity index (χ4n) is 1.49. The van der Waals surface area contributed by atoms with Gasteiger partial charge in [-0.15, -0.1) is 0 Å². The molecule has 1 aliphatic heterocycles.